The highest BCUT2D eigenvalue weighted by Gasteiger charge is 2.28. The summed E-state index contributed by atoms with van der Waals surface area (Å²) in [6.07, 6.45) is 6.07. The summed E-state index contributed by atoms with van der Waals surface area (Å²) in [5.41, 5.74) is 1.72. The second-order valence-corrected chi connectivity index (χ2v) is 7.42. The number of guanidine groups is 1. The highest BCUT2D eigenvalue weighted by Crippen LogP contribution is 2.29. The first-order chi connectivity index (χ1) is 12.2. The Morgan fingerprint density at radius 2 is 2.08 bits per heavy atom. The molecule has 0 saturated carbocycles. The van der Waals surface area contributed by atoms with Gasteiger partial charge in [0.15, 0.2) is 11.5 Å². The second-order valence-electron chi connectivity index (χ2n) is 7.42. The smallest absolute Gasteiger partial charge is 0.289 e. The number of rotatable bonds is 3. The third kappa shape index (κ3) is 4.00. The minimum absolute atomic E-state index is 0.0919. The van der Waals surface area contributed by atoms with Gasteiger partial charge in [-0.15, -0.1) is 5.01 Å². The molecule has 2 aliphatic rings. The summed E-state index contributed by atoms with van der Waals surface area (Å²) >= 11 is 0. The Morgan fingerprint density at radius 1 is 1.31 bits per heavy atom. The number of quaternary nitrogens is 1. The van der Waals surface area contributed by atoms with E-state index in [9.17, 15) is 9.90 Å². The summed E-state index contributed by atoms with van der Waals surface area (Å²) in [7, 11) is 1.51. The van der Waals surface area contributed by atoms with Crippen molar-refractivity contribution in [2.45, 2.75) is 27.2 Å². The van der Waals surface area contributed by atoms with Crippen molar-refractivity contribution in [3.8, 4) is 11.5 Å². The molecule has 2 aliphatic heterocycles. The van der Waals surface area contributed by atoms with Crippen molar-refractivity contribution < 1.29 is 19.6 Å². The zero-order valence-electron chi connectivity index (χ0n) is 15.3. The zero-order chi connectivity index (χ0) is 18.9. The molecule has 1 aromatic carbocycles. The number of allylic oxidation sites excluding steroid dienone is 2. The van der Waals surface area contributed by atoms with Crippen LogP contribution in [-0.2, 0) is 4.79 Å². The van der Waals surface area contributed by atoms with Crippen LogP contribution < -0.4 is 15.1 Å². The van der Waals surface area contributed by atoms with Crippen LogP contribution in [-0.4, -0.2) is 29.9 Å². The molecule has 0 saturated heterocycles. The molecule has 136 valence electrons. The van der Waals surface area contributed by atoms with Crippen molar-refractivity contribution in [3.63, 3.8) is 0 Å². The van der Waals surface area contributed by atoms with Gasteiger partial charge in [0, 0.05) is 18.1 Å². The Hall–Kier alpha value is -2.93. The number of carbonyl (C=O) groups is 1. The van der Waals surface area contributed by atoms with Crippen LogP contribution in [0.2, 0.25) is 0 Å². The Labute approximate surface area is 152 Å². The average molecular weight is 355 g/mol. The minimum atomic E-state index is -0.101. The number of phenolic OH excluding ortho intramolecular Hbond substituents is 1. The number of aliphatic imine (C=N–C) groups is 1. The lowest BCUT2D eigenvalue weighted by Crippen LogP contribution is -3.04. The fourth-order valence-corrected chi connectivity index (χ4v) is 2.70. The number of phenols is 1. The maximum absolute atomic E-state index is 12.1. The van der Waals surface area contributed by atoms with Gasteiger partial charge in [-0.1, -0.05) is 26.8 Å². The van der Waals surface area contributed by atoms with Gasteiger partial charge >= 0.3 is 0 Å². The molecule has 0 fully saturated rings. The highest BCUT2D eigenvalue weighted by atomic mass is 16.5. The Morgan fingerprint density at radius 3 is 2.77 bits per heavy atom. The largest absolute Gasteiger partial charge is 0.504 e. The first kappa shape index (κ1) is 17.9. The summed E-state index contributed by atoms with van der Waals surface area (Å²) in [5, 5.41) is 17.6. The molecule has 0 bridgehead atoms. The van der Waals surface area contributed by atoms with Gasteiger partial charge < -0.3 is 9.84 Å². The molecule has 0 radical (unpaired) electrons. The van der Waals surface area contributed by atoms with Crippen molar-refractivity contribution in [2.75, 3.05) is 7.11 Å². The Bertz CT molecular complexity index is 860. The van der Waals surface area contributed by atoms with E-state index in [0.29, 0.717) is 29.0 Å². The van der Waals surface area contributed by atoms with E-state index in [1.54, 1.807) is 18.2 Å². The van der Waals surface area contributed by atoms with E-state index in [2.05, 4.69) is 15.4 Å². The number of amidine groups is 1. The van der Waals surface area contributed by atoms with Crippen LogP contribution in [0.3, 0.4) is 0 Å². The summed E-state index contributed by atoms with van der Waals surface area (Å²) in [6, 6.07) is 5.16. The molecule has 7 nitrogen and oxygen atoms in total. The fourth-order valence-electron chi connectivity index (χ4n) is 2.70. The van der Waals surface area contributed by atoms with Crippen LogP contribution in [0.15, 0.2) is 46.6 Å². The predicted molar refractivity (Wildman–Crippen MR) is 99.8 cm³/mol. The molecule has 3 rings (SSSR count). The number of hydrogen-bond acceptors (Lipinski definition) is 5. The van der Waals surface area contributed by atoms with Crippen molar-refractivity contribution in [2.24, 2.45) is 15.5 Å². The number of carbonyl (C=O) groups excluding carboxylic acids is 1. The SMILES string of the molecule is COc1cc(C2=C[NH+]3N=C(NC(=O)CC(C)(C)C)N=C3C=C2)ccc1O. The number of ether oxygens (including phenoxy) is 1. The molecule has 7 heteroatoms. The van der Waals surface area contributed by atoms with E-state index in [0.717, 1.165) is 11.1 Å². The number of benzene rings is 1. The molecule has 1 atom stereocenters. The van der Waals surface area contributed by atoms with Gasteiger partial charge in [0.05, 0.1) is 7.11 Å². The van der Waals surface area contributed by atoms with Crippen molar-refractivity contribution >= 4 is 23.3 Å². The average Bonchev–Trinajstić information content (AvgIpc) is 2.94. The van der Waals surface area contributed by atoms with Crippen LogP contribution in [0.5, 0.6) is 11.5 Å². The molecule has 2 heterocycles. The lowest BCUT2D eigenvalue weighted by atomic mass is 9.92. The monoisotopic (exact) mass is 355 g/mol. The molecule has 1 unspecified atom stereocenters. The standard InChI is InChI=1S/C19H22N4O3/c1-19(2,3)10-17(25)21-18-20-16-8-6-13(11-23(16)22-18)12-5-7-14(24)15(9-12)26-4/h5-9,11,24H,10H2,1-4H3,(H,21,22,25)/p+1. The first-order valence-electron chi connectivity index (χ1n) is 8.37. The van der Waals surface area contributed by atoms with Crippen LogP contribution in [0.4, 0.5) is 0 Å². The van der Waals surface area contributed by atoms with E-state index < -0.39 is 0 Å². The van der Waals surface area contributed by atoms with Crippen molar-refractivity contribution in [3.05, 3.63) is 42.1 Å². The molecular formula is C19H23N4O3+. The fraction of sp³-hybridized carbons (Fsp3) is 0.316. The number of amides is 1. The topological polar surface area (TPSA) is 87.7 Å². The summed E-state index contributed by atoms with van der Waals surface area (Å²) in [6.45, 7) is 6.02. The number of fused-ring (bicyclic) bond motifs is 1. The van der Waals surface area contributed by atoms with Gasteiger partial charge in [-0.05, 0) is 34.3 Å². The number of aromatic hydroxyl groups is 1. The lowest BCUT2D eigenvalue weighted by Gasteiger charge is -2.16. The lowest BCUT2D eigenvalue weighted by molar-refractivity contribution is -0.749. The van der Waals surface area contributed by atoms with E-state index in [-0.39, 0.29) is 17.1 Å². The molecule has 0 spiro atoms. The quantitative estimate of drug-likeness (QED) is 0.766. The van der Waals surface area contributed by atoms with Crippen LogP contribution >= 0.6 is 0 Å². The molecule has 0 aliphatic carbocycles. The van der Waals surface area contributed by atoms with Gasteiger partial charge in [-0.3, -0.25) is 10.1 Å². The molecule has 0 aromatic heterocycles. The minimum Gasteiger partial charge on any atom is -0.504 e. The highest BCUT2D eigenvalue weighted by molar-refractivity contribution is 6.07. The van der Waals surface area contributed by atoms with Gasteiger partial charge in [0.2, 0.25) is 5.91 Å². The van der Waals surface area contributed by atoms with Crippen LogP contribution in [0, 0.1) is 5.41 Å². The predicted octanol–water partition coefficient (Wildman–Crippen LogP) is 1.43. The van der Waals surface area contributed by atoms with E-state index in [1.807, 2.05) is 39.1 Å². The normalized spacial score (nSPS) is 18.6. The van der Waals surface area contributed by atoms with Crippen LogP contribution in [0.1, 0.15) is 32.8 Å². The van der Waals surface area contributed by atoms with Gasteiger partial charge in [-0.25, -0.2) is 0 Å². The third-order valence-corrected chi connectivity index (χ3v) is 3.88. The van der Waals surface area contributed by atoms with Crippen molar-refractivity contribution in [1.82, 2.24) is 5.32 Å². The van der Waals surface area contributed by atoms with Crippen molar-refractivity contribution in [1.29, 1.82) is 0 Å². The number of nitrogens with one attached hydrogen (secondary N) is 2. The van der Waals surface area contributed by atoms with Gasteiger partial charge in [-0.2, -0.15) is 4.99 Å². The third-order valence-electron chi connectivity index (χ3n) is 3.88. The molecule has 1 aromatic rings. The molecule has 26 heavy (non-hydrogen) atoms. The number of nitrogens with zero attached hydrogens (tertiary/aromatic N) is 2. The van der Waals surface area contributed by atoms with Gasteiger partial charge in [0.25, 0.3) is 11.8 Å². The first-order valence-corrected chi connectivity index (χ1v) is 8.37. The maximum atomic E-state index is 12.1. The van der Waals surface area contributed by atoms with Gasteiger partial charge in [0.1, 0.15) is 6.20 Å². The summed E-state index contributed by atoms with van der Waals surface area (Å²) < 4.78 is 5.16. The molecular weight excluding hydrogens is 332 g/mol. The van der Waals surface area contributed by atoms with E-state index in [1.165, 1.54) is 7.11 Å². The zero-order valence-corrected chi connectivity index (χ0v) is 15.3. The Kier molecular flexibility index (Phi) is 4.65. The van der Waals surface area contributed by atoms with E-state index in [4.69, 9.17) is 4.74 Å². The summed E-state index contributed by atoms with van der Waals surface area (Å²) in [4.78, 5) is 16.4. The molecule has 3 N–H and O–H groups in total. The molecule has 1 amide bonds. The number of methoxy groups -OCH3 is 1. The second kappa shape index (κ2) is 6.76. The summed E-state index contributed by atoms with van der Waals surface area (Å²) in [5.74, 6) is 1.43. The van der Waals surface area contributed by atoms with Crippen LogP contribution in [0.25, 0.3) is 5.57 Å². The van der Waals surface area contributed by atoms with E-state index >= 15 is 0 Å². The maximum Gasteiger partial charge on any atom is 0.289 e. The number of hydrogen-bond donors (Lipinski definition) is 3. The Balaban J connectivity index is 1.77.